The normalized spacial score (nSPS) is 17.8. The quantitative estimate of drug-likeness (QED) is 0.942. The van der Waals surface area contributed by atoms with E-state index in [-0.39, 0.29) is 11.9 Å². The lowest BCUT2D eigenvalue weighted by Gasteiger charge is -2.35. The molecule has 0 radical (unpaired) electrons. The van der Waals surface area contributed by atoms with Crippen LogP contribution < -0.4 is 5.73 Å². The van der Waals surface area contributed by atoms with Gasteiger partial charge in [-0.05, 0) is 36.4 Å². The zero-order valence-corrected chi connectivity index (χ0v) is 13.7. The lowest BCUT2D eigenvalue weighted by atomic mass is 9.97. The lowest BCUT2D eigenvalue weighted by molar-refractivity contribution is 0.0652. The molecule has 2 aromatic rings. The molecular formula is C15H19N3OS2. The van der Waals surface area contributed by atoms with Gasteiger partial charge in [-0.15, -0.1) is 22.7 Å². The molecule has 0 spiro atoms. The van der Waals surface area contributed by atoms with Gasteiger partial charge in [0.05, 0.1) is 11.0 Å². The van der Waals surface area contributed by atoms with E-state index in [0.29, 0.717) is 12.2 Å². The minimum absolute atomic E-state index is 0.0539. The predicted octanol–water partition coefficient (Wildman–Crippen LogP) is 2.86. The van der Waals surface area contributed by atoms with Crippen LogP contribution in [0.15, 0.2) is 16.8 Å². The summed E-state index contributed by atoms with van der Waals surface area (Å²) in [7, 11) is 0. The molecule has 0 aliphatic carbocycles. The molecule has 0 saturated heterocycles. The first-order valence-corrected chi connectivity index (χ1v) is 9.02. The number of thiazole rings is 1. The van der Waals surface area contributed by atoms with Crippen LogP contribution in [0.2, 0.25) is 0 Å². The summed E-state index contributed by atoms with van der Waals surface area (Å²) >= 11 is 3.33. The van der Waals surface area contributed by atoms with Crippen molar-refractivity contribution in [3.8, 4) is 0 Å². The Bertz CT molecular complexity index is 634. The Morgan fingerprint density at radius 2 is 2.38 bits per heavy atom. The molecule has 0 bridgehead atoms. The molecule has 3 heterocycles. The van der Waals surface area contributed by atoms with E-state index >= 15 is 0 Å². The average molecular weight is 321 g/mol. The van der Waals surface area contributed by atoms with E-state index in [2.05, 4.69) is 23.4 Å². The van der Waals surface area contributed by atoms with Gasteiger partial charge in [-0.1, -0.05) is 6.92 Å². The molecule has 0 aromatic carbocycles. The average Bonchev–Trinajstić information content (AvgIpc) is 3.14. The number of nitrogens with two attached hydrogens (primary N) is 1. The zero-order chi connectivity index (χ0) is 14.8. The van der Waals surface area contributed by atoms with Crippen LogP contribution in [0.4, 0.5) is 0 Å². The fourth-order valence-corrected chi connectivity index (χ4v) is 4.59. The molecule has 3 rings (SSSR count). The number of hydrogen-bond acceptors (Lipinski definition) is 5. The first kappa shape index (κ1) is 14.7. The van der Waals surface area contributed by atoms with Crippen LogP contribution in [-0.4, -0.2) is 28.9 Å². The molecule has 21 heavy (non-hydrogen) atoms. The van der Waals surface area contributed by atoms with E-state index < -0.39 is 0 Å². The standard InChI is InChI=1S/C15H19N3OS2/c1-2-12-10-5-8-20-13(10)4-7-18(12)15(19)11-9-21-14(17-11)3-6-16/h5,8-9,12H,2-4,6-7,16H2,1H3. The molecule has 1 atom stereocenters. The smallest absolute Gasteiger partial charge is 0.273 e. The Balaban J connectivity index is 1.83. The maximum Gasteiger partial charge on any atom is 0.273 e. The molecule has 112 valence electrons. The zero-order valence-electron chi connectivity index (χ0n) is 12.0. The number of aromatic nitrogens is 1. The number of thiophene rings is 1. The van der Waals surface area contributed by atoms with Crippen LogP contribution in [0.3, 0.4) is 0 Å². The van der Waals surface area contributed by atoms with Gasteiger partial charge in [0.25, 0.3) is 5.91 Å². The van der Waals surface area contributed by atoms with Gasteiger partial charge in [-0.3, -0.25) is 4.79 Å². The van der Waals surface area contributed by atoms with Gasteiger partial charge >= 0.3 is 0 Å². The predicted molar refractivity (Wildman–Crippen MR) is 87.0 cm³/mol. The second-order valence-electron chi connectivity index (χ2n) is 5.14. The summed E-state index contributed by atoms with van der Waals surface area (Å²) in [5, 5.41) is 4.94. The Morgan fingerprint density at radius 1 is 1.52 bits per heavy atom. The summed E-state index contributed by atoms with van der Waals surface area (Å²) in [6.07, 6.45) is 2.63. The molecular weight excluding hydrogens is 302 g/mol. The minimum atomic E-state index is 0.0539. The summed E-state index contributed by atoms with van der Waals surface area (Å²) in [6, 6.07) is 2.35. The Labute approximate surface area is 132 Å². The second kappa shape index (κ2) is 6.25. The molecule has 0 saturated carbocycles. The summed E-state index contributed by atoms with van der Waals surface area (Å²) in [6.45, 7) is 3.49. The van der Waals surface area contributed by atoms with E-state index in [1.54, 1.807) is 11.3 Å². The Morgan fingerprint density at radius 3 is 3.14 bits per heavy atom. The first-order valence-electron chi connectivity index (χ1n) is 7.26. The number of rotatable bonds is 4. The van der Waals surface area contributed by atoms with Gasteiger partial charge in [-0.25, -0.2) is 4.98 Å². The molecule has 1 aliphatic heterocycles. The highest BCUT2D eigenvalue weighted by atomic mass is 32.1. The van der Waals surface area contributed by atoms with Gasteiger partial charge < -0.3 is 10.6 Å². The van der Waals surface area contributed by atoms with Crippen LogP contribution >= 0.6 is 22.7 Å². The topological polar surface area (TPSA) is 59.2 Å². The van der Waals surface area contributed by atoms with E-state index in [9.17, 15) is 4.79 Å². The van der Waals surface area contributed by atoms with Crippen LogP contribution in [0.5, 0.6) is 0 Å². The van der Waals surface area contributed by atoms with Crippen molar-refractivity contribution in [1.29, 1.82) is 0 Å². The highest BCUT2D eigenvalue weighted by Crippen LogP contribution is 2.36. The van der Waals surface area contributed by atoms with Crippen molar-refractivity contribution in [2.24, 2.45) is 5.73 Å². The van der Waals surface area contributed by atoms with E-state index in [1.165, 1.54) is 21.8 Å². The Kier molecular flexibility index (Phi) is 4.37. The third-order valence-electron chi connectivity index (χ3n) is 3.87. The van der Waals surface area contributed by atoms with Gasteiger partial charge in [0.15, 0.2) is 0 Å². The molecule has 1 unspecified atom stereocenters. The minimum Gasteiger partial charge on any atom is -0.330 e. The van der Waals surface area contributed by atoms with Gasteiger partial charge in [0, 0.05) is 23.2 Å². The molecule has 2 aromatic heterocycles. The van der Waals surface area contributed by atoms with Crippen molar-refractivity contribution in [3.05, 3.63) is 38.0 Å². The summed E-state index contributed by atoms with van der Waals surface area (Å²) in [5.41, 5.74) is 7.44. The highest BCUT2D eigenvalue weighted by molar-refractivity contribution is 7.10. The SMILES string of the molecule is CCC1c2ccsc2CCN1C(=O)c1csc(CCN)n1. The van der Waals surface area contributed by atoms with Crippen molar-refractivity contribution in [2.75, 3.05) is 13.1 Å². The molecule has 2 N–H and O–H groups in total. The molecule has 0 fully saturated rings. The fraction of sp³-hybridized carbons (Fsp3) is 0.467. The second-order valence-corrected chi connectivity index (χ2v) is 7.08. The van der Waals surface area contributed by atoms with Crippen molar-refractivity contribution in [2.45, 2.75) is 32.2 Å². The summed E-state index contributed by atoms with van der Waals surface area (Å²) < 4.78 is 0. The Hall–Kier alpha value is -1.24. The van der Waals surface area contributed by atoms with E-state index in [4.69, 9.17) is 5.73 Å². The monoisotopic (exact) mass is 321 g/mol. The van der Waals surface area contributed by atoms with Gasteiger partial charge in [0.1, 0.15) is 5.69 Å². The molecule has 1 amide bonds. The summed E-state index contributed by atoms with van der Waals surface area (Å²) in [5.74, 6) is 0.0539. The van der Waals surface area contributed by atoms with Crippen LogP contribution in [0, 0.1) is 0 Å². The highest BCUT2D eigenvalue weighted by Gasteiger charge is 2.31. The number of carbonyl (C=O) groups excluding carboxylic acids is 1. The molecule has 4 nitrogen and oxygen atoms in total. The maximum atomic E-state index is 12.8. The third-order valence-corrected chi connectivity index (χ3v) is 5.78. The lowest BCUT2D eigenvalue weighted by Crippen LogP contribution is -2.39. The number of nitrogens with zero attached hydrogens (tertiary/aromatic N) is 2. The third kappa shape index (κ3) is 2.75. The fourth-order valence-electron chi connectivity index (χ4n) is 2.87. The summed E-state index contributed by atoms with van der Waals surface area (Å²) in [4.78, 5) is 20.6. The van der Waals surface area contributed by atoms with Gasteiger partial charge in [-0.2, -0.15) is 0 Å². The van der Waals surface area contributed by atoms with Gasteiger partial charge in [0.2, 0.25) is 0 Å². The van der Waals surface area contributed by atoms with Crippen LogP contribution in [0.25, 0.3) is 0 Å². The first-order chi connectivity index (χ1) is 10.2. The molecule has 1 aliphatic rings. The van der Waals surface area contributed by atoms with Crippen molar-refractivity contribution < 1.29 is 4.79 Å². The maximum absolute atomic E-state index is 12.8. The van der Waals surface area contributed by atoms with E-state index in [1.807, 2.05) is 10.3 Å². The van der Waals surface area contributed by atoms with Crippen LogP contribution in [-0.2, 0) is 12.8 Å². The number of amides is 1. The number of fused-ring (bicyclic) bond motifs is 1. The molecule has 6 heteroatoms. The number of hydrogen-bond donors (Lipinski definition) is 1. The van der Waals surface area contributed by atoms with Crippen molar-refractivity contribution in [1.82, 2.24) is 9.88 Å². The van der Waals surface area contributed by atoms with Crippen molar-refractivity contribution in [3.63, 3.8) is 0 Å². The number of carbonyl (C=O) groups is 1. The largest absolute Gasteiger partial charge is 0.330 e. The van der Waals surface area contributed by atoms with Crippen LogP contribution in [0.1, 0.15) is 45.3 Å². The van der Waals surface area contributed by atoms with E-state index in [0.717, 1.165) is 30.8 Å². The van der Waals surface area contributed by atoms with Crippen molar-refractivity contribution >= 4 is 28.6 Å².